The molecule has 2 rings (SSSR count). The zero-order valence-electron chi connectivity index (χ0n) is 6.84. The van der Waals surface area contributed by atoms with E-state index in [9.17, 15) is 4.79 Å². The van der Waals surface area contributed by atoms with E-state index in [0.717, 1.165) is 5.39 Å². The number of aromatic nitrogens is 1. The maximum Gasteiger partial charge on any atom is 0.352 e. The lowest BCUT2D eigenvalue weighted by Crippen LogP contribution is -1.94. The summed E-state index contributed by atoms with van der Waals surface area (Å²) >= 11 is 11.7. The molecular weight excluding hydrogens is 225 g/mol. The molecule has 0 atom stereocenters. The lowest BCUT2D eigenvalue weighted by Gasteiger charge is -1.95. The zero-order valence-corrected chi connectivity index (χ0v) is 8.36. The lowest BCUT2D eigenvalue weighted by molar-refractivity contribution is 0.0691. The van der Waals surface area contributed by atoms with Crippen LogP contribution in [0.25, 0.3) is 10.9 Å². The third kappa shape index (κ3) is 1.35. The van der Waals surface area contributed by atoms with Crippen LogP contribution in [0, 0.1) is 0 Å². The Morgan fingerprint density at radius 3 is 2.71 bits per heavy atom. The van der Waals surface area contributed by atoms with Crippen LogP contribution in [0.15, 0.2) is 18.2 Å². The first kappa shape index (κ1) is 9.37. The molecule has 5 heteroatoms. The SMILES string of the molecule is O=C(O)c1cc2ccc(Cl)c(Cl)c2[nH]1. The molecule has 3 nitrogen and oxygen atoms in total. The Morgan fingerprint density at radius 2 is 2.07 bits per heavy atom. The summed E-state index contributed by atoms with van der Waals surface area (Å²) < 4.78 is 0. The van der Waals surface area contributed by atoms with Gasteiger partial charge in [-0.2, -0.15) is 0 Å². The van der Waals surface area contributed by atoms with E-state index in [1.165, 1.54) is 6.07 Å². The molecule has 0 unspecified atom stereocenters. The fourth-order valence-corrected chi connectivity index (χ4v) is 1.63. The van der Waals surface area contributed by atoms with E-state index in [0.29, 0.717) is 15.6 Å². The van der Waals surface area contributed by atoms with Gasteiger partial charge in [-0.15, -0.1) is 0 Å². The van der Waals surface area contributed by atoms with Crippen molar-refractivity contribution in [1.29, 1.82) is 0 Å². The number of rotatable bonds is 1. The molecule has 0 saturated carbocycles. The summed E-state index contributed by atoms with van der Waals surface area (Å²) in [7, 11) is 0. The van der Waals surface area contributed by atoms with Crippen molar-refractivity contribution in [2.45, 2.75) is 0 Å². The third-order valence-corrected chi connectivity index (χ3v) is 2.72. The molecule has 0 aliphatic carbocycles. The van der Waals surface area contributed by atoms with Crippen molar-refractivity contribution in [3.05, 3.63) is 33.9 Å². The first-order valence-corrected chi connectivity index (χ1v) is 4.55. The van der Waals surface area contributed by atoms with Crippen LogP contribution < -0.4 is 0 Å². The van der Waals surface area contributed by atoms with Crippen molar-refractivity contribution < 1.29 is 9.90 Å². The number of aromatic carboxylic acids is 1. The predicted molar refractivity (Wildman–Crippen MR) is 55.3 cm³/mol. The molecule has 0 saturated heterocycles. The number of carbonyl (C=O) groups is 1. The normalized spacial score (nSPS) is 10.7. The molecule has 0 radical (unpaired) electrons. The molecule has 0 aliphatic heterocycles. The second-order valence-electron chi connectivity index (χ2n) is 2.81. The van der Waals surface area contributed by atoms with Crippen molar-refractivity contribution in [2.75, 3.05) is 0 Å². The summed E-state index contributed by atoms with van der Waals surface area (Å²) in [5.74, 6) is -1.02. The van der Waals surface area contributed by atoms with Crippen molar-refractivity contribution >= 4 is 40.1 Å². The van der Waals surface area contributed by atoms with E-state index in [2.05, 4.69) is 4.98 Å². The van der Waals surface area contributed by atoms with E-state index in [4.69, 9.17) is 28.3 Å². The second-order valence-corrected chi connectivity index (χ2v) is 3.60. The molecule has 1 aromatic heterocycles. The minimum Gasteiger partial charge on any atom is -0.477 e. The van der Waals surface area contributed by atoms with Crippen molar-refractivity contribution in [3.63, 3.8) is 0 Å². The summed E-state index contributed by atoms with van der Waals surface area (Å²) in [6, 6.07) is 4.86. The quantitative estimate of drug-likeness (QED) is 0.790. The second kappa shape index (κ2) is 3.19. The van der Waals surface area contributed by atoms with E-state index in [1.54, 1.807) is 12.1 Å². The van der Waals surface area contributed by atoms with Crippen LogP contribution in [-0.4, -0.2) is 16.1 Å². The number of H-pyrrole nitrogens is 1. The standard InChI is InChI=1S/C9H5Cl2NO2/c10-5-2-1-4-3-6(9(13)14)12-8(4)7(5)11/h1-3,12H,(H,13,14). The van der Waals surface area contributed by atoms with Crippen LogP contribution in [0.2, 0.25) is 10.0 Å². The highest BCUT2D eigenvalue weighted by atomic mass is 35.5. The highest BCUT2D eigenvalue weighted by Crippen LogP contribution is 2.30. The Labute approximate surface area is 89.2 Å². The molecule has 2 N–H and O–H groups in total. The van der Waals surface area contributed by atoms with Gasteiger partial charge in [0.05, 0.1) is 15.6 Å². The highest BCUT2D eigenvalue weighted by Gasteiger charge is 2.10. The van der Waals surface area contributed by atoms with Gasteiger partial charge in [-0.25, -0.2) is 4.79 Å². The van der Waals surface area contributed by atoms with Gasteiger partial charge in [0.25, 0.3) is 0 Å². The molecule has 72 valence electrons. The topological polar surface area (TPSA) is 53.1 Å². The molecule has 0 amide bonds. The van der Waals surface area contributed by atoms with E-state index in [1.807, 2.05) is 0 Å². The lowest BCUT2D eigenvalue weighted by atomic mass is 10.2. The van der Waals surface area contributed by atoms with Crippen LogP contribution in [0.3, 0.4) is 0 Å². The van der Waals surface area contributed by atoms with Gasteiger partial charge < -0.3 is 10.1 Å². The summed E-state index contributed by atoms with van der Waals surface area (Å²) in [6.45, 7) is 0. The maximum absolute atomic E-state index is 10.7. The number of benzene rings is 1. The molecule has 0 spiro atoms. The molecule has 1 heterocycles. The van der Waals surface area contributed by atoms with Gasteiger partial charge in [-0.05, 0) is 12.1 Å². The van der Waals surface area contributed by atoms with Gasteiger partial charge in [-0.1, -0.05) is 29.3 Å². The highest BCUT2D eigenvalue weighted by molar-refractivity contribution is 6.45. The van der Waals surface area contributed by atoms with Crippen LogP contribution in [-0.2, 0) is 0 Å². The molecule has 0 bridgehead atoms. The first-order chi connectivity index (χ1) is 6.59. The molecule has 1 aromatic carbocycles. The Kier molecular flexibility index (Phi) is 2.13. The molecular formula is C9H5Cl2NO2. The minimum atomic E-state index is -1.02. The van der Waals surface area contributed by atoms with E-state index < -0.39 is 5.97 Å². The van der Waals surface area contributed by atoms with Crippen LogP contribution in [0.5, 0.6) is 0 Å². The van der Waals surface area contributed by atoms with Crippen molar-refractivity contribution in [2.24, 2.45) is 0 Å². The number of aromatic amines is 1. The number of hydrogen-bond donors (Lipinski definition) is 2. The Hall–Kier alpha value is -1.19. The summed E-state index contributed by atoms with van der Waals surface area (Å²) in [5.41, 5.74) is 0.653. The monoisotopic (exact) mass is 229 g/mol. The maximum atomic E-state index is 10.7. The van der Waals surface area contributed by atoms with Gasteiger partial charge in [0.15, 0.2) is 0 Å². The Bertz CT molecular complexity index is 519. The summed E-state index contributed by atoms with van der Waals surface area (Å²) in [4.78, 5) is 13.3. The number of halogens is 2. The zero-order chi connectivity index (χ0) is 10.3. The minimum absolute atomic E-state index is 0.101. The van der Waals surface area contributed by atoms with Gasteiger partial charge in [0, 0.05) is 5.39 Å². The van der Waals surface area contributed by atoms with Crippen molar-refractivity contribution in [1.82, 2.24) is 4.98 Å². The number of nitrogens with one attached hydrogen (secondary N) is 1. The molecule has 14 heavy (non-hydrogen) atoms. The summed E-state index contributed by atoms with van der Waals surface area (Å²) in [6.07, 6.45) is 0. The fourth-order valence-electron chi connectivity index (χ4n) is 1.25. The van der Waals surface area contributed by atoms with Crippen LogP contribution in [0.1, 0.15) is 10.5 Å². The van der Waals surface area contributed by atoms with Crippen LogP contribution in [0.4, 0.5) is 0 Å². The van der Waals surface area contributed by atoms with E-state index in [-0.39, 0.29) is 5.69 Å². The summed E-state index contributed by atoms with van der Waals surface area (Å²) in [5, 5.41) is 10.2. The average molecular weight is 230 g/mol. The average Bonchev–Trinajstić information content (AvgIpc) is 2.56. The van der Waals surface area contributed by atoms with Gasteiger partial charge in [0.2, 0.25) is 0 Å². The number of carboxylic acids is 1. The first-order valence-electron chi connectivity index (χ1n) is 3.79. The molecule has 2 aromatic rings. The smallest absolute Gasteiger partial charge is 0.352 e. The number of fused-ring (bicyclic) bond motifs is 1. The van der Waals surface area contributed by atoms with Crippen LogP contribution >= 0.6 is 23.2 Å². The largest absolute Gasteiger partial charge is 0.477 e. The fraction of sp³-hybridized carbons (Fsp3) is 0. The van der Waals surface area contributed by atoms with Crippen molar-refractivity contribution in [3.8, 4) is 0 Å². The number of hydrogen-bond acceptors (Lipinski definition) is 1. The Morgan fingerprint density at radius 1 is 1.36 bits per heavy atom. The number of carboxylic acid groups (broad SMARTS) is 1. The third-order valence-electron chi connectivity index (χ3n) is 1.92. The van der Waals surface area contributed by atoms with Gasteiger partial charge >= 0.3 is 5.97 Å². The van der Waals surface area contributed by atoms with Gasteiger partial charge in [0.1, 0.15) is 5.69 Å². The molecule has 0 fully saturated rings. The van der Waals surface area contributed by atoms with Gasteiger partial charge in [-0.3, -0.25) is 0 Å². The Balaban J connectivity index is 2.77. The molecule has 0 aliphatic rings. The van der Waals surface area contributed by atoms with E-state index >= 15 is 0 Å². The predicted octanol–water partition coefficient (Wildman–Crippen LogP) is 3.17.